The van der Waals surface area contributed by atoms with Crippen molar-refractivity contribution < 1.29 is 9.53 Å². The van der Waals surface area contributed by atoms with Crippen LogP contribution in [0.1, 0.15) is 37.8 Å². The highest BCUT2D eigenvalue weighted by atomic mass is 35.5. The molecule has 1 aromatic heterocycles. The molecule has 2 aromatic rings. The van der Waals surface area contributed by atoms with Gasteiger partial charge >= 0.3 is 0 Å². The molecule has 2 heterocycles. The largest absolute Gasteiger partial charge is 0.492 e. The van der Waals surface area contributed by atoms with Gasteiger partial charge in [-0.05, 0) is 24.0 Å². The number of anilines is 1. The molecule has 1 aliphatic heterocycles. The van der Waals surface area contributed by atoms with Crippen molar-refractivity contribution in [1.82, 2.24) is 10.3 Å². The molecule has 1 aliphatic rings. The number of ether oxygens (including phenoxy) is 1. The molecular weight excluding hydrogens is 350 g/mol. The zero-order valence-electron chi connectivity index (χ0n) is 15.3. The topological polar surface area (TPSA) is 63.2 Å². The predicted octanol–water partition coefficient (Wildman–Crippen LogP) is 3.74. The third-order valence-electron chi connectivity index (χ3n) is 4.77. The number of carbonyl (C=O) groups is 1. The lowest BCUT2D eigenvalue weighted by atomic mass is 9.71. The Kier molecular flexibility index (Phi) is 5.49. The predicted molar refractivity (Wildman–Crippen MR) is 104 cm³/mol. The van der Waals surface area contributed by atoms with Crippen LogP contribution in [0.25, 0.3) is 0 Å². The van der Waals surface area contributed by atoms with E-state index in [1.54, 1.807) is 12.3 Å². The molecular formula is C20H24ClN3O2. The van der Waals surface area contributed by atoms with Crippen LogP contribution < -0.4 is 15.4 Å². The highest BCUT2D eigenvalue weighted by Gasteiger charge is 2.47. The summed E-state index contributed by atoms with van der Waals surface area (Å²) in [5.41, 5.74) is 2.22. The molecule has 6 heteroatoms. The minimum absolute atomic E-state index is 0.0607. The smallest absolute Gasteiger partial charge is 0.237 e. The van der Waals surface area contributed by atoms with E-state index >= 15 is 0 Å². The molecule has 26 heavy (non-hydrogen) atoms. The summed E-state index contributed by atoms with van der Waals surface area (Å²) in [6.07, 6.45) is 1.54. The molecule has 1 amide bonds. The summed E-state index contributed by atoms with van der Waals surface area (Å²) in [4.78, 5) is 17.3. The molecule has 0 bridgehead atoms. The van der Waals surface area contributed by atoms with Gasteiger partial charge in [0, 0.05) is 19.2 Å². The van der Waals surface area contributed by atoms with E-state index in [1.165, 1.54) is 5.56 Å². The summed E-state index contributed by atoms with van der Waals surface area (Å²) in [6.45, 7) is 7.86. The van der Waals surface area contributed by atoms with Crippen molar-refractivity contribution in [3.8, 4) is 5.75 Å². The molecule has 0 spiro atoms. The lowest BCUT2D eigenvalue weighted by Crippen LogP contribution is -2.63. The quantitative estimate of drug-likeness (QED) is 0.757. The number of aromatic nitrogens is 1. The van der Waals surface area contributed by atoms with Crippen LogP contribution in [0.3, 0.4) is 0 Å². The molecule has 138 valence electrons. The van der Waals surface area contributed by atoms with Crippen LogP contribution in [0, 0.1) is 0 Å². The Hall–Kier alpha value is -2.11. The summed E-state index contributed by atoms with van der Waals surface area (Å²) in [5.74, 6) is 0.808. The number of hydrogen-bond donors (Lipinski definition) is 2. The van der Waals surface area contributed by atoms with E-state index in [2.05, 4.69) is 41.6 Å². The van der Waals surface area contributed by atoms with E-state index in [-0.39, 0.29) is 5.91 Å². The van der Waals surface area contributed by atoms with Gasteiger partial charge in [0.25, 0.3) is 0 Å². The summed E-state index contributed by atoms with van der Waals surface area (Å²) in [7, 11) is 0. The van der Waals surface area contributed by atoms with Gasteiger partial charge in [-0.1, -0.05) is 49.7 Å². The molecule has 0 radical (unpaired) electrons. The first-order valence-corrected chi connectivity index (χ1v) is 9.25. The SMILES string of the molecule is CCOc1cc(Cl)ncc1NC(=O)C1(c2ccccc2C(C)C)CNC1. The summed E-state index contributed by atoms with van der Waals surface area (Å²) < 4.78 is 5.60. The van der Waals surface area contributed by atoms with Gasteiger partial charge in [0.05, 0.1) is 18.2 Å². The first kappa shape index (κ1) is 18.7. The Morgan fingerprint density at radius 3 is 2.73 bits per heavy atom. The van der Waals surface area contributed by atoms with Gasteiger partial charge in [-0.3, -0.25) is 4.79 Å². The number of carbonyl (C=O) groups excluding carboxylic acids is 1. The Balaban J connectivity index is 1.94. The molecule has 1 aromatic carbocycles. The molecule has 5 nitrogen and oxygen atoms in total. The summed E-state index contributed by atoms with van der Waals surface area (Å²) in [5, 5.41) is 6.59. The molecule has 0 atom stereocenters. The Bertz CT molecular complexity index is 803. The van der Waals surface area contributed by atoms with E-state index in [0.717, 1.165) is 5.56 Å². The number of nitrogens with zero attached hydrogens (tertiary/aromatic N) is 1. The van der Waals surface area contributed by atoms with Gasteiger partial charge in [0.2, 0.25) is 5.91 Å². The molecule has 1 saturated heterocycles. The van der Waals surface area contributed by atoms with E-state index in [1.807, 2.05) is 19.1 Å². The molecule has 0 saturated carbocycles. The fourth-order valence-corrected chi connectivity index (χ4v) is 3.46. The van der Waals surface area contributed by atoms with Crippen molar-refractivity contribution in [2.45, 2.75) is 32.1 Å². The fraction of sp³-hybridized carbons (Fsp3) is 0.400. The van der Waals surface area contributed by atoms with Gasteiger partial charge in [-0.25, -0.2) is 4.98 Å². The number of benzene rings is 1. The van der Waals surface area contributed by atoms with Gasteiger partial charge in [-0.2, -0.15) is 0 Å². The van der Waals surface area contributed by atoms with Crippen molar-refractivity contribution in [3.05, 3.63) is 52.8 Å². The Labute approximate surface area is 159 Å². The molecule has 2 N–H and O–H groups in total. The normalized spacial score (nSPS) is 15.4. The van der Waals surface area contributed by atoms with Gasteiger partial charge in [0.15, 0.2) is 0 Å². The highest BCUT2D eigenvalue weighted by molar-refractivity contribution is 6.29. The lowest BCUT2D eigenvalue weighted by Gasteiger charge is -2.43. The summed E-state index contributed by atoms with van der Waals surface area (Å²) >= 11 is 5.96. The maximum absolute atomic E-state index is 13.3. The van der Waals surface area contributed by atoms with Crippen LogP contribution in [0.15, 0.2) is 36.5 Å². The van der Waals surface area contributed by atoms with Crippen molar-refractivity contribution in [3.63, 3.8) is 0 Å². The molecule has 0 unspecified atom stereocenters. The second-order valence-corrected chi connectivity index (χ2v) is 7.21. The Morgan fingerprint density at radius 1 is 1.38 bits per heavy atom. The van der Waals surface area contributed by atoms with Crippen LogP contribution >= 0.6 is 11.6 Å². The van der Waals surface area contributed by atoms with Crippen LogP contribution in [0.5, 0.6) is 5.75 Å². The zero-order valence-corrected chi connectivity index (χ0v) is 16.1. The van der Waals surface area contributed by atoms with Gasteiger partial charge in [-0.15, -0.1) is 0 Å². The first-order valence-electron chi connectivity index (χ1n) is 8.88. The second-order valence-electron chi connectivity index (χ2n) is 6.82. The average Bonchev–Trinajstić information content (AvgIpc) is 2.57. The van der Waals surface area contributed by atoms with E-state index in [9.17, 15) is 4.79 Å². The van der Waals surface area contributed by atoms with Crippen LogP contribution in [-0.2, 0) is 10.2 Å². The second kappa shape index (κ2) is 7.64. The zero-order chi connectivity index (χ0) is 18.7. The molecule has 0 aliphatic carbocycles. The first-order chi connectivity index (χ1) is 12.5. The van der Waals surface area contributed by atoms with E-state index < -0.39 is 5.41 Å². The number of rotatable bonds is 6. The maximum atomic E-state index is 13.3. The van der Waals surface area contributed by atoms with Crippen molar-refractivity contribution in [2.75, 3.05) is 25.0 Å². The van der Waals surface area contributed by atoms with Crippen molar-refractivity contribution >= 4 is 23.2 Å². The minimum atomic E-state index is -0.593. The van der Waals surface area contributed by atoms with Crippen molar-refractivity contribution in [1.29, 1.82) is 0 Å². The fourth-order valence-electron chi connectivity index (χ4n) is 3.31. The third kappa shape index (κ3) is 3.41. The van der Waals surface area contributed by atoms with Gasteiger partial charge in [0.1, 0.15) is 16.6 Å². The van der Waals surface area contributed by atoms with Crippen LogP contribution in [0.2, 0.25) is 5.15 Å². The number of hydrogen-bond acceptors (Lipinski definition) is 4. The number of nitrogens with one attached hydrogen (secondary N) is 2. The molecule has 3 rings (SSSR count). The van der Waals surface area contributed by atoms with E-state index in [0.29, 0.717) is 42.2 Å². The summed E-state index contributed by atoms with van der Waals surface area (Å²) in [6, 6.07) is 9.79. The van der Waals surface area contributed by atoms with Crippen LogP contribution in [0.4, 0.5) is 5.69 Å². The van der Waals surface area contributed by atoms with Crippen LogP contribution in [-0.4, -0.2) is 30.6 Å². The number of amides is 1. The maximum Gasteiger partial charge on any atom is 0.237 e. The highest BCUT2D eigenvalue weighted by Crippen LogP contribution is 2.36. The van der Waals surface area contributed by atoms with Gasteiger partial charge < -0.3 is 15.4 Å². The van der Waals surface area contributed by atoms with E-state index in [4.69, 9.17) is 16.3 Å². The third-order valence-corrected chi connectivity index (χ3v) is 4.97. The Morgan fingerprint density at radius 2 is 2.12 bits per heavy atom. The number of pyridine rings is 1. The average molecular weight is 374 g/mol. The standard InChI is InChI=1S/C20H24ClN3O2/c1-4-26-17-9-18(21)23-10-16(17)24-19(25)20(11-22-12-20)15-8-6-5-7-14(15)13(2)3/h5-10,13,22H,4,11-12H2,1-3H3,(H,24,25). The van der Waals surface area contributed by atoms with Crippen molar-refractivity contribution in [2.24, 2.45) is 0 Å². The molecule has 1 fully saturated rings. The number of halogens is 1. The lowest BCUT2D eigenvalue weighted by molar-refractivity contribution is -0.123. The monoisotopic (exact) mass is 373 g/mol. The minimum Gasteiger partial charge on any atom is -0.492 e.